The third-order valence-corrected chi connectivity index (χ3v) is 3.38. The van der Waals surface area contributed by atoms with E-state index in [4.69, 9.17) is 5.11 Å². The first kappa shape index (κ1) is 12.5. The smallest absolute Gasteiger partial charge is 0.309 e. The molecule has 1 fully saturated rings. The maximum atomic E-state index is 11.1. The number of rotatable bonds is 4. The van der Waals surface area contributed by atoms with Crippen molar-refractivity contribution in [2.75, 3.05) is 20.1 Å². The number of aliphatic hydroxyl groups is 1. The Hall–Kier alpha value is -0.610. The predicted molar refractivity (Wildman–Crippen MR) is 57.7 cm³/mol. The van der Waals surface area contributed by atoms with Gasteiger partial charge in [0.1, 0.15) is 0 Å². The Bertz CT molecular complexity index is 222. The summed E-state index contributed by atoms with van der Waals surface area (Å²) in [6, 6.07) is 0. The summed E-state index contributed by atoms with van der Waals surface area (Å²) in [5, 5.41) is 19.5. The van der Waals surface area contributed by atoms with Crippen LogP contribution in [0.4, 0.5) is 0 Å². The number of carbonyl (C=O) groups is 1. The molecule has 1 rings (SSSR count). The maximum Gasteiger partial charge on any atom is 0.309 e. The molecule has 0 aromatic carbocycles. The standard InChI is InChI=1S/C11H21NO3/c1-3-4-9(10(13)14)11(15)5-7-12(2)8-6-11/h9,15H,3-8H2,1-2H3,(H,13,14). The van der Waals surface area contributed by atoms with Crippen LogP contribution >= 0.6 is 0 Å². The summed E-state index contributed by atoms with van der Waals surface area (Å²) in [6.07, 6.45) is 2.51. The molecule has 4 heteroatoms. The number of nitrogens with zero attached hydrogens (tertiary/aromatic N) is 1. The van der Waals surface area contributed by atoms with Crippen LogP contribution in [-0.2, 0) is 4.79 Å². The summed E-state index contributed by atoms with van der Waals surface area (Å²) in [4.78, 5) is 13.2. The van der Waals surface area contributed by atoms with Gasteiger partial charge in [0.25, 0.3) is 0 Å². The Morgan fingerprint density at radius 3 is 2.40 bits per heavy atom. The molecule has 1 atom stereocenters. The highest BCUT2D eigenvalue weighted by molar-refractivity contribution is 5.71. The summed E-state index contributed by atoms with van der Waals surface area (Å²) >= 11 is 0. The lowest BCUT2D eigenvalue weighted by atomic mass is 9.77. The number of hydrogen-bond acceptors (Lipinski definition) is 3. The van der Waals surface area contributed by atoms with E-state index < -0.39 is 17.5 Å². The van der Waals surface area contributed by atoms with Crippen LogP contribution < -0.4 is 0 Å². The summed E-state index contributed by atoms with van der Waals surface area (Å²) in [6.45, 7) is 3.52. The van der Waals surface area contributed by atoms with Gasteiger partial charge in [0.05, 0.1) is 11.5 Å². The minimum absolute atomic E-state index is 0.565. The molecule has 1 heterocycles. The lowest BCUT2D eigenvalue weighted by Gasteiger charge is -2.40. The Morgan fingerprint density at radius 1 is 1.47 bits per heavy atom. The highest BCUT2D eigenvalue weighted by atomic mass is 16.4. The third kappa shape index (κ3) is 2.92. The normalized spacial score (nSPS) is 23.7. The van der Waals surface area contributed by atoms with Gasteiger partial charge < -0.3 is 15.1 Å². The van der Waals surface area contributed by atoms with Gasteiger partial charge in [-0.05, 0) is 26.3 Å². The third-order valence-electron chi connectivity index (χ3n) is 3.38. The van der Waals surface area contributed by atoms with E-state index in [0.29, 0.717) is 19.3 Å². The van der Waals surface area contributed by atoms with Crippen LogP contribution in [0.15, 0.2) is 0 Å². The summed E-state index contributed by atoms with van der Waals surface area (Å²) in [5.41, 5.74) is -0.992. The van der Waals surface area contributed by atoms with Crippen molar-refractivity contribution in [2.45, 2.75) is 38.2 Å². The molecule has 1 unspecified atom stereocenters. The van der Waals surface area contributed by atoms with E-state index >= 15 is 0 Å². The molecule has 0 aromatic heterocycles. The average molecular weight is 215 g/mol. The van der Waals surface area contributed by atoms with Gasteiger partial charge in [0.2, 0.25) is 0 Å². The van der Waals surface area contributed by atoms with Crippen molar-refractivity contribution in [3.05, 3.63) is 0 Å². The second-order valence-electron chi connectivity index (χ2n) is 4.59. The fraction of sp³-hybridized carbons (Fsp3) is 0.909. The van der Waals surface area contributed by atoms with E-state index in [1.54, 1.807) is 0 Å². The molecule has 0 saturated carbocycles. The number of carboxylic acids is 1. The summed E-state index contributed by atoms with van der Waals surface area (Å²) in [7, 11) is 2.00. The quantitative estimate of drug-likeness (QED) is 0.733. The first-order chi connectivity index (χ1) is 6.99. The van der Waals surface area contributed by atoms with Crippen LogP contribution in [0.25, 0.3) is 0 Å². The van der Waals surface area contributed by atoms with Crippen molar-refractivity contribution < 1.29 is 15.0 Å². The van der Waals surface area contributed by atoms with Gasteiger partial charge in [-0.2, -0.15) is 0 Å². The van der Waals surface area contributed by atoms with Crippen LogP contribution in [-0.4, -0.2) is 46.8 Å². The molecular weight excluding hydrogens is 194 g/mol. The van der Waals surface area contributed by atoms with Gasteiger partial charge in [-0.1, -0.05) is 13.3 Å². The minimum atomic E-state index is -0.992. The molecule has 0 bridgehead atoms. The molecule has 1 aliphatic heterocycles. The number of piperidine rings is 1. The summed E-state index contributed by atoms with van der Waals surface area (Å²) < 4.78 is 0. The van der Waals surface area contributed by atoms with E-state index in [9.17, 15) is 9.90 Å². The molecule has 0 radical (unpaired) electrons. The molecule has 1 saturated heterocycles. The Balaban J connectivity index is 2.68. The van der Waals surface area contributed by atoms with Crippen molar-refractivity contribution in [3.8, 4) is 0 Å². The van der Waals surface area contributed by atoms with Gasteiger partial charge in [0.15, 0.2) is 0 Å². The van der Waals surface area contributed by atoms with E-state index in [-0.39, 0.29) is 0 Å². The number of hydrogen-bond donors (Lipinski definition) is 2. The van der Waals surface area contributed by atoms with Crippen molar-refractivity contribution in [1.29, 1.82) is 0 Å². The molecule has 4 nitrogen and oxygen atoms in total. The number of carboxylic acid groups (broad SMARTS) is 1. The van der Waals surface area contributed by atoms with Gasteiger partial charge in [0, 0.05) is 13.1 Å². The highest BCUT2D eigenvalue weighted by Gasteiger charge is 2.42. The van der Waals surface area contributed by atoms with Crippen LogP contribution in [0, 0.1) is 5.92 Å². The van der Waals surface area contributed by atoms with Crippen LogP contribution in [0.3, 0.4) is 0 Å². The lowest BCUT2D eigenvalue weighted by Crippen LogP contribution is -2.50. The van der Waals surface area contributed by atoms with Crippen LogP contribution in [0.2, 0.25) is 0 Å². The number of likely N-dealkylation sites (tertiary alicyclic amines) is 1. The lowest BCUT2D eigenvalue weighted by molar-refractivity contribution is -0.156. The molecule has 0 spiro atoms. The molecule has 2 N–H and O–H groups in total. The van der Waals surface area contributed by atoms with Crippen molar-refractivity contribution in [2.24, 2.45) is 5.92 Å². The van der Waals surface area contributed by atoms with E-state index in [0.717, 1.165) is 19.5 Å². The fourth-order valence-corrected chi connectivity index (χ4v) is 2.26. The Labute approximate surface area is 90.9 Å². The second-order valence-corrected chi connectivity index (χ2v) is 4.59. The topological polar surface area (TPSA) is 60.8 Å². The fourth-order valence-electron chi connectivity index (χ4n) is 2.26. The van der Waals surface area contributed by atoms with Gasteiger partial charge >= 0.3 is 5.97 Å². The minimum Gasteiger partial charge on any atom is -0.481 e. The average Bonchev–Trinajstić information content (AvgIpc) is 2.19. The number of aliphatic carboxylic acids is 1. The second kappa shape index (κ2) is 4.94. The molecular formula is C11H21NO3. The Morgan fingerprint density at radius 2 is 2.00 bits per heavy atom. The van der Waals surface area contributed by atoms with Crippen LogP contribution in [0.5, 0.6) is 0 Å². The first-order valence-electron chi connectivity index (χ1n) is 5.63. The van der Waals surface area contributed by atoms with Crippen molar-refractivity contribution in [1.82, 2.24) is 4.90 Å². The molecule has 0 amide bonds. The SMILES string of the molecule is CCCC(C(=O)O)C1(O)CCN(C)CC1. The predicted octanol–water partition coefficient (Wildman–Crippen LogP) is 0.944. The zero-order chi connectivity index (χ0) is 11.5. The van der Waals surface area contributed by atoms with Crippen LogP contribution in [0.1, 0.15) is 32.6 Å². The van der Waals surface area contributed by atoms with E-state index in [1.165, 1.54) is 0 Å². The van der Waals surface area contributed by atoms with Gasteiger partial charge in [-0.25, -0.2) is 0 Å². The summed E-state index contributed by atoms with van der Waals surface area (Å²) in [5.74, 6) is -1.46. The zero-order valence-electron chi connectivity index (χ0n) is 9.57. The first-order valence-corrected chi connectivity index (χ1v) is 5.63. The molecule has 88 valence electrons. The maximum absolute atomic E-state index is 11.1. The molecule has 15 heavy (non-hydrogen) atoms. The van der Waals surface area contributed by atoms with E-state index in [2.05, 4.69) is 4.90 Å². The molecule has 0 aliphatic carbocycles. The van der Waals surface area contributed by atoms with Gasteiger partial charge in [-0.15, -0.1) is 0 Å². The largest absolute Gasteiger partial charge is 0.481 e. The van der Waals surface area contributed by atoms with E-state index in [1.807, 2.05) is 14.0 Å². The molecule has 0 aromatic rings. The Kier molecular flexibility index (Phi) is 4.11. The van der Waals surface area contributed by atoms with Gasteiger partial charge in [-0.3, -0.25) is 4.79 Å². The van der Waals surface area contributed by atoms with Crippen molar-refractivity contribution in [3.63, 3.8) is 0 Å². The monoisotopic (exact) mass is 215 g/mol. The molecule has 1 aliphatic rings. The van der Waals surface area contributed by atoms with Crippen molar-refractivity contribution >= 4 is 5.97 Å². The zero-order valence-corrected chi connectivity index (χ0v) is 9.57. The highest BCUT2D eigenvalue weighted by Crippen LogP contribution is 2.32.